The predicted octanol–water partition coefficient (Wildman–Crippen LogP) is 3.27. The van der Waals surface area contributed by atoms with Crippen LogP contribution < -0.4 is 0 Å². The highest BCUT2D eigenvalue weighted by atomic mass is 28.3. The van der Waals surface area contributed by atoms with Crippen LogP contribution in [-0.4, -0.2) is 30.9 Å². The first kappa shape index (κ1) is 16.2. The van der Waals surface area contributed by atoms with E-state index in [1.165, 1.54) is 0 Å². The fraction of sp³-hybridized carbons (Fsp3) is 0.833. The third-order valence-electron chi connectivity index (χ3n) is 5.64. The third-order valence-corrected chi connectivity index (χ3v) is 6.57. The summed E-state index contributed by atoms with van der Waals surface area (Å²) in [6, 6.07) is 0. The molecule has 3 nitrogen and oxygen atoms in total. The summed E-state index contributed by atoms with van der Waals surface area (Å²) in [7, 11) is -1.34. The maximum Gasteiger partial charge on any atom is 0.172 e. The van der Waals surface area contributed by atoms with Crippen LogP contribution in [0.1, 0.15) is 51.4 Å². The van der Waals surface area contributed by atoms with E-state index in [9.17, 15) is 9.90 Å². The van der Waals surface area contributed by atoms with Crippen LogP contribution in [0.4, 0.5) is 0 Å². The summed E-state index contributed by atoms with van der Waals surface area (Å²) in [6.45, 7) is 6.70. The second-order valence-electron chi connectivity index (χ2n) is 8.34. The number of carbonyl (C=O) groups is 1. The van der Waals surface area contributed by atoms with Gasteiger partial charge in [-0.25, -0.2) is 0 Å². The molecular weight excluding hydrogens is 292 g/mol. The van der Waals surface area contributed by atoms with Crippen molar-refractivity contribution >= 4 is 13.9 Å². The van der Waals surface area contributed by atoms with Crippen molar-refractivity contribution in [2.24, 2.45) is 11.3 Å². The minimum atomic E-state index is -1.34. The predicted molar refractivity (Wildman–Crippen MR) is 88.8 cm³/mol. The SMILES string of the molecule is C[Si](C)(C)C#CCC[C@H]1O[C@]2(O)CCC[C@@]23CCCC(=O)[C@@H]13. The summed E-state index contributed by atoms with van der Waals surface area (Å²) < 4.78 is 6.09. The van der Waals surface area contributed by atoms with Gasteiger partial charge in [0.1, 0.15) is 13.9 Å². The molecule has 3 fully saturated rings. The molecule has 0 amide bonds. The van der Waals surface area contributed by atoms with Gasteiger partial charge in [-0.3, -0.25) is 4.79 Å². The van der Waals surface area contributed by atoms with Gasteiger partial charge in [-0.2, -0.15) is 0 Å². The van der Waals surface area contributed by atoms with E-state index in [0.29, 0.717) is 18.6 Å². The molecule has 2 aliphatic carbocycles. The van der Waals surface area contributed by atoms with E-state index in [1.54, 1.807) is 0 Å². The van der Waals surface area contributed by atoms with Crippen LogP contribution in [-0.2, 0) is 9.53 Å². The molecule has 0 aromatic heterocycles. The lowest BCUT2D eigenvalue weighted by molar-refractivity contribution is -0.229. The van der Waals surface area contributed by atoms with E-state index in [4.69, 9.17) is 4.74 Å². The van der Waals surface area contributed by atoms with Gasteiger partial charge in [-0.1, -0.05) is 19.6 Å². The fourth-order valence-electron chi connectivity index (χ4n) is 4.83. The van der Waals surface area contributed by atoms with E-state index in [1.807, 2.05) is 0 Å². The van der Waals surface area contributed by atoms with Crippen LogP contribution >= 0.6 is 0 Å². The Bertz CT molecular complexity index is 527. The Hall–Kier alpha value is -0.633. The molecule has 3 aliphatic rings. The monoisotopic (exact) mass is 320 g/mol. The molecule has 0 aromatic carbocycles. The first-order chi connectivity index (χ1) is 10.3. The molecule has 0 bridgehead atoms. The Labute approximate surface area is 134 Å². The Morgan fingerprint density at radius 3 is 2.73 bits per heavy atom. The van der Waals surface area contributed by atoms with E-state index in [-0.39, 0.29) is 17.4 Å². The van der Waals surface area contributed by atoms with Gasteiger partial charge in [0.2, 0.25) is 0 Å². The Kier molecular flexibility index (Phi) is 4.04. The maximum atomic E-state index is 12.5. The molecule has 0 unspecified atom stereocenters. The van der Waals surface area contributed by atoms with Crippen molar-refractivity contribution in [3.8, 4) is 11.5 Å². The van der Waals surface area contributed by atoms with Gasteiger partial charge in [0.25, 0.3) is 0 Å². The van der Waals surface area contributed by atoms with Crippen LogP contribution in [0.2, 0.25) is 19.6 Å². The van der Waals surface area contributed by atoms with E-state index >= 15 is 0 Å². The lowest BCUT2D eigenvalue weighted by Crippen LogP contribution is -2.48. The van der Waals surface area contributed by atoms with Crippen molar-refractivity contribution in [3.05, 3.63) is 0 Å². The number of hydrogen-bond acceptors (Lipinski definition) is 3. The Morgan fingerprint density at radius 1 is 1.27 bits per heavy atom. The Morgan fingerprint density at radius 2 is 2.00 bits per heavy atom. The number of Topliss-reactive ketones (excluding diaryl/α,β-unsaturated/α-hetero) is 1. The maximum absolute atomic E-state index is 12.5. The Balaban J connectivity index is 1.76. The molecule has 1 saturated heterocycles. The second-order valence-corrected chi connectivity index (χ2v) is 13.1. The summed E-state index contributed by atoms with van der Waals surface area (Å²) >= 11 is 0. The van der Waals surface area contributed by atoms with Crippen molar-refractivity contribution in [3.63, 3.8) is 0 Å². The summed E-state index contributed by atoms with van der Waals surface area (Å²) in [5, 5.41) is 11.0. The topological polar surface area (TPSA) is 46.5 Å². The highest BCUT2D eigenvalue weighted by Crippen LogP contribution is 2.64. The van der Waals surface area contributed by atoms with E-state index < -0.39 is 13.9 Å². The molecular formula is C18H28O3Si. The smallest absolute Gasteiger partial charge is 0.172 e. The van der Waals surface area contributed by atoms with E-state index in [0.717, 1.165) is 38.5 Å². The number of ketones is 1. The van der Waals surface area contributed by atoms with Crippen molar-refractivity contribution < 1.29 is 14.6 Å². The number of hydrogen-bond donors (Lipinski definition) is 1. The summed E-state index contributed by atoms with van der Waals surface area (Å²) in [6.07, 6.45) is 6.52. The van der Waals surface area contributed by atoms with E-state index in [2.05, 4.69) is 31.1 Å². The fourth-order valence-corrected chi connectivity index (χ4v) is 5.48. The molecule has 122 valence electrons. The summed E-state index contributed by atoms with van der Waals surface area (Å²) in [5.74, 6) is 2.44. The normalized spacial score (nSPS) is 40.8. The molecule has 22 heavy (non-hydrogen) atoms. The van der Waals surface area contributed by atoms with Gasteiger partial charge in [-0.05, 0) is 32.1 Å². The molecule has 1 heterocycles. The molecule has 4 atom stereocenters. The minimum Gasteiger partial charge on any atom is -0.365 e. The van der Waals surface area contributed by atoms with Gasteiger partial charge in [0.05, 0.1) is 12.0 Å². The number of aliphatic hydroxyl groups is 1. The average molecular weight is 321 g/mol. The zero-order valence-electron chi connectivity index (χ0n) is 14.1. The van der Waals surface area contributed by atoms with Gasteiger partial charge in [0.15, 0.2) is 5.79 Å². The quantitative estimate of drug-likeness (QED) is 0.627. The lowest BCUT2D eigenvalue weighted by atomic mass is 9.62. The molecule has 0 aromatic rings. The molecule has 1 aliphatic heterocycles. The van der Waals surface area contributed by atoms with Gasteiger partial charge in [0, 0.05) is 24.7 Å². The second kappa shape index (κ2) is 5.47. The van der Waals surface area contributed by atoms with Crippen molar-refractivity contribution in [1.82, 2.24) is 0 Å². The molecule has 1 N–H and O–H groups in total. The molecule has 0 radical (unpaired) electrons. The number of carbonyl (C=O) groups excluding carboxylic acids is 1. The summed E-state index contributed by atoms with van der Waals surface area (Å²) in [4.78, 5) is 12.5. The van der Waals surface area contributed by atoms with Crippen LogP contribution in [0.15, 0.2) is 0 Å². The van der Waals surface area contributed by atoms with Crippen LogP contribution in [0.25, 0.3) is 0 Å². The average Bonchev–Trinajstić information content (AvgIpc) is 2.82. The largest absolute Gasteiger partial charge is 0.365 e. The molecule has 3 rings (SSSR count). The van der Waals surface area contributed by atoms with Gasteiger partial charge < -0.3 is 9.84 Å². The van der Waals surface area contributed by atoms with Crippen molar-refractivity contribution in [2.75, 3.05) is 0 Å². The third kappa shape index (κ3) is 2.58. The number of ether oxygens (including phenoxy) is 1. The van der Waals surface area contributed by atoms with Gasteiger partial charge in [-0.15, -0.1) is 11.5 Å². The van der Waals surface area contributed by atoms with Crippen LogP contribution in [0.3, 0.4) is 0 Å². The summed E-state index contributed by atoms with van der Waals surface area (Å²) in [5.41, 5.74) is 3.08. The van der Waals surface area contributed by atoms with Crippen LogP contribution in [0.5, 0.6) is 0 Å². The zero-order chi connectivity index (χ0) is 16.0. The van der Waals surface area contributed by atoms with Gasteiger partial charge >= 0.3 is 0 Å². The molecule has 4 heteroatoms. The molecule has 2 saturated carbocycles. The van der Waals surface area contributed by atoms with Crippen molar-refractivity contribution in [2.45, 2.75) is 82.9 Å². The van der Waals surface area contributed by atoms with Crippen LogP contribution in [0, 0.1) is 22.8 Å². The number of rotatable bonds is 2. The first-order valence-electron chi connectivity index (χ1n) is 8.70. The highest BCUT2D eigenvalue weighted by Gasteiger charge is 2.69. The minimum absolute atomic E-state index is 0.0950. The lowest BCUT2D eigenvalue weighted by Gasteiger charge is -2.41. The standard InChI is InChI=1S/C18H28O3Si/c1-22(2,3)13-5-4-9-15-16-14(19)8-6-10-17(16)11-7-12-18(17,20)21-15/h15-16,20H,4,6-12H2,1-3H3/t15-,16+,17-,18-/m1/s1. The highest BCUT2D eigenvalue weighted by molar-refractivity contribution is 6.83. The molecule has 1 spiro atoms. The zero-order valence-corrected chi connectivity index (χ0v) is 15.1. The first-order valence-corrected chi connectivity index (χ1v) is 12.2. The van der Waals surface area contributed by atoms with Crippen molar-refractivity contribution in [1.29, 1.82) is 0 Å².